The van der Waals surface area contributed by atoms with Gasteiger partial charge in [-0.1, -0.05) is 30.3 Å². The molecule has 1 aliphatic heterocycles. The average Bonchev–Trinajstić information content (AvgIpc) is 3.64. The van der Waals surface area contributed by atoms with Crippen molar-refractivity contribution in [2.45, 2.75) is 45.1 Å². The van der Waals surface area contributed by atoms with Crippen molar-refractivity contribution in [2.24, 2.45) is 5.73 Å². The number of hydrogen-bond donors (Lipinski definition) is 2. The molecule has 5 rings (SSSR count). The number of ether oxygens (including phenoxy) is 2. The zero-order chi connectivity index (χ0) is 28.4. The maximum Gasteiger partial charge on any atom is 0.236 e. The number of carbonyl (C=O) groups excluding carboxylic acids is 1. The highest BCUT2D eigenvalue weighted by Crippen LogP contribution is 2.40. The Morgan fingerprint density at radius 2 is 1.61 bits per heavy atom. The van der Waals surface area contributed by atoms with Gasteiger partial charge in [-0.2, -0.15) is 0 Å². The Morgan fingerprint density at radius 3 is 2.34 bits per heavy atom. The third-order valence-corrected chi connectivity index (χ3v) is 8.81. The molecule has 41 heavy (non-hydrogen) atoms. The molecule has 0 aliphatic carbocycles. The third kappa shape index (κ3) is 8.09. The van der Waals surface area contributed by atoms with Gasteiger partial charge in [0, 0.05) is 22.7 Å². The molecule has 216 valence electrons. The molecular formula is C34H41N3O3S. The Kier molecular flexibility index (Phi) is 10.3. The van der Waals surface area contributed by atoms with Crippen molar-refractivity contribution >= 4 is 27.3 Å². The quantitative estimate of drug-likeness (QED) is 0.175. The number of carbonyl (C=O) groups is 1. The van der Waals surface area contributed by atoms with E-state index in [0.717, 1.165) is 43.9 Å². The smallest absolute Gasteiger partial charge is 0.236 e. The lowest BCUT2D eigenvalue weighted by molar-refractivity contribution is -0.121. The molecule has 1 aromatic heterocycles. The molecule has 0 spiro atoms. The Labute approximate surface area is 247 Å². The molecule has 0 bridgehead atoms. The fourth-order valence-electron chi connectivity index (χ4n) is 5.21. The normalized spacial score (nSPS) is 14.3. The third-order valence-electron chi connectivity index (χ3n) is 7.55. The second kappa shape index (κ2) is 14.5. The van der Waals surface area contributed by atoms with Crippen molar-refractivity contribution in [1.29, 1.82) is 0 Å². The van der Waals surface area contributed by atoms with Gasteiger partial charge < -0.3 is 20.5 Å². The number of nitrogens with zero attached hydrogens (tertiary/aromatic N) is 1. The van der Waals surface area contributed by atoms with Crippen LogP contribution in [0.2, 0.25) is 0 Å². The van der Waals surface area contributed by atoms with Gasteiger partial charge in [0.05, 0.1) is 12.6 Å². The number of fused-ring (bicyclic) bond motifs is 1. The van der Waals surface area contributed by atoms with Crippen molar-refractivity contribution < 1.29 is 14.3 Å². The van der Waals surface area contributed by atoms with Crippen LogP contribution in [0.3, 0.4) is 0 Å². The molecule has 1 fully saturated rings. The Morgan fingerprint density at radius 1 is 0.927 bits per heavy atom. The van der Waals surface area contributed by atoms with E-state index in [2.05, 4.69) is 83.0 Å². The minimum atomic E-state index is -0.472. The lowest BCUT2D eigenvalue weighted by Gasteiger charge is -2.15. The lowest BCUT2D eigenvalue weighted by Crippen LogP contribution is -2.38. The summed E-state index contributed by atoms with van der Waals surface area (Å²) in [5.41, 5.74) is 9.41. The highest BCUT2D eigenvalue weighted by Gasteiger charge is 2.15. The molecule has 0 saturated carbocycles. The Balaban J connectivity index is 1.19. The van der Waals surface area contributed by atoms with Gasteiger partial charge in [0.2, 0.25) is 5.91 Å². The van der Waals surface area contributed by atoms with Gasteiger partial charge in [-0.3, -0.25) is 9.69 Å². The molecular weight excluding hydrogens is 530 g/mol. The molecule has 7 heteroatoms. The zero-order valence-corrected chi connectivity index (χ0v) is 24.8. The molecule has 1 atom stereocenters. The summed E-state index contributed by atoms with van der Waals surface area (Å²) in [6.07, 6.45) is 5.21. The Bertz CT molecular complexity index is 1390. The van der Waals surface area contributed by atoms with Crippen LogP contribution in [-0.2, 0) is 11.2 Å². The number of hydrogen-bond acceptors (Lipinski definition) is 6. The zero-order valence-electron chi connectivity index (χ0n) is 23.9. The van der Waals surface area contributed by atoms with E-state index in [0.29, 0.717) is 13.2 Å². The van der Waals surface area contributed by atoms with E-state index in [4.69, 9.17) is 15.2 Å². The summed E-state index contributed by atoms with van der Waals surface area (Å²) >= 11 is 1.85. The monoisotopic (exact) mass is 571 g/mol. The van der Waals surface area contributed by atoms with Gasteiger partial charge in [0.25, 0.3) is 0 Å². The van der Waals surface area contributed by atoms with Crippen molar-refractivity contribution in [1.82, 2.24) is 10.2 Å². The first-order valence-electron chi connectivity index (χ1n) is 14.8. The topological polar surface area (TPSA) is 76.8 Å². The van der Waals surface area contributed by atoms with E-state index in [-0.39, 0.29) is 5.91 Å². The van der Waals surface area contributed by atoms with E-state index in [1.54, 1.807) is 6.92 Å². The van der Waals surface area contributed by atoms with Gasteiger partial charge in [-0.15, -0.1) is 11.3 Å². The van der Waals surface area contributed by atoms with Crippen molar-refractivity contribution in [3.05, 3.63) is 83.9 Å². The standard InChI is InChI=1S/C34H41N3O3S/c1-25(35)34(38)36-18-4-7-22-39-29-16-12-27(13-17-29)33-31(30-8-2-3-9-32(30)41-33)24-26-10-14-28(15-11-26)40-23-21-37-19-5-6-20-37/h2-3,8-17,25H,4-7,18-24,35H2,1H3,(H,36,38)/t25-/m0/s1. The highest BCUT2D eigenvalue weighted by molar-refractivity contribution is 7.22. The predicted octanol–water partition coefficient (Wildman–Crippen LogP) is 6.26. The molecule has 1 amide bonds. The first-order valence-corrected chi connectivity index (χ1v) is 15.6. The van der Waals surface area contributed by atoms with Crippen molar-refractivity contribution in [3.63, 3.8) is 0 Å². The largest absolute Gasteiger partial charge is 0.494 e. The van der Waals surface area contributed by atoms with E-state index in [1.165, 1.54) is 57.6 Å². The van der Waals surface area contributed by atoms with Crippen LogP contribution in [0.1, 0.15) is 43.7 Å². The molecule has 3 aromatic carbocycles. The number of rotatable bonds is 14. The first kappa shape index (κ1) is 29.1. The van der Waals surface area contributed by atoms with Crippen LogP contribution in [0.5, 0.6) is 11.5 Å². The maximum atomic E-state index is 11.5. The summed E-state index contributed by atoms with van der Waals surface area (Å²) in [6, 6.07) is 25.2. The summed E-state index contributed by atoms with van der Waals surface area (Å²) in [5.74, 6) is 1.68. The Hall–Kier alpha value is -3.39. The number of nitrogens with two attached hydrogens (primary N) is 1. The van der Waals surface area contributed by atoms with Crippen LogP contribution in [0, 0.1) is 0 Å². The fourth-order valence-corrected chi connectivity index (χ4v) is 6.43. The molecule has 3 N–H and O–H groups in total. The molecule has 2 heterocycles. The molecule has 1 saturated heterocycles. The lowest BCUT2D eigenvalue weighted by atomic mass is 9.99. The van der Waals surface area contributed by atoms with E-state index >= 15 is 0 Å². The van der Waals surface area contributed by atoms with Crippen molar-refractivity contribution in [2.75, 3.05) is 39.4 Å². The minimum Gasteiger partial charge on any atom is -0.494 e. The number of unbranched alkanes of at least 4 members (excludes halogenated alkanes) is 1. The van der Waals surface area contributed by atoms with Crippen LogP contribution in [0.25, 0.3) is 20.5 Å². The number of amides is 1. The second-order valence-electron chi connectivity index (χ2n) is 10.8. The molecule has 4 aromatic rings. The van der Waals surface area contributed by atoms with E-state index in [1.807, 2.05) is 11.3 Å². The fraction of sp³-hybridized carbons (Fsp3) is 0.382. The molecule has 1 aliphatic rings. The number of benzene rings is 3. The number of nitrogens with one attached hydrogen (secondary N) is 1. The van der Waals surface area contributed by atoms with E-state index < -0.39 is 6.04 Å². The summed E-state index contributed by atoms with van der Waals surface area (Å²) in [6.45, 7) is 7.06. The highest BCUT2D eigenvalue weighted by atomic mass is 32.1. The minimum absolute atomic E-state index is 0.114. The maximum absolute atomic E-state index is 11.5. The first-order chi connectivity index (χ1) is 20.1. The molecule has 0 radical (unpaired) electrons. The van der Waals surface area contributed by atoms with Gasteiger partial charge in [0.1, 0.15) is 18.1 Å². The SMILES string of the molecule is C[C@H](N)C(=O)NCCCCOc1ccc(-c2sc3ccccc3c2Cc2ccc(OCCN3CCCC3)cc2)cc1. The van der Waals surface area contributed by atoms with Gasteiger partial charge >= 0.3 is 0 Å². The van der Waals surface area contributed by atoms with Crippen LogP contribution < -0.4 is 20.5 Å². The summed E-state index contributed by atoms with van der Waals surface area (Å²) in [4.78, 5) is 15.3. The van der Waals surface area contributed by atoms with Gasteiger partial charge in [-0.05, 0) is 117 Å². The second-order valence-corrected chi connectivity index (χ2v) is 11.8. The van der Waals surface area contributed by atoms with Crippen LogP contribution in [-0.4, -0.2) is 56.2 Å². The molecule has 6 nitrogen and oxygen atoms in total. The van der Waals surface area contributed by atoms with Gasteiger partial charge in [-0.25, -0.2) is 0 Å². The van der Waals surface area contributed by atoms with E-state index in [9.17, 15) is 4.79 Å². The predicted molar refractivity (Wildman–Crippen MR) is 169 cm³/mol. The molecule has 0 unspecified atom stereocenters. The number of likely N-dealkylation sites (tertiary alicyclic amines) is 1. The van der Waals surface area contributed by atoms with Crippen molar-refractivity contribution in [3.8, 4) is 21.9 Å². The average molecular weight is 572 g/mol. The number of thiophene rings is 1. The van der Waals surface area contributed by atoms with Crippen LogP contribution in [0.15, 0.2) is 72.8 Å². The van der Waals surface area contributed by atoms with Gasteiger partial charge in [0.15, 0.2) is 0 Å². The van der Waals surface area contributed by atoms with Crippen LogP contribution in [0.4, 0.5) is 0 Å². The summed E-state index contributed by atoms with van der Waals surface area (Å²) in [7, 11) is 0. The summed E-state index contributed by atoms with van der Waals surface area (Å²) in [5, 5.41) is 4.15. The summed E-state index contributed by atoms with van der Waals surface area (Å²) < 4.78 is 13.3. The van der Waals surface area contributed by atoms with Crippen LogP contribution >= 0.6 is 11.3 Å².